The molecule has 0 saturated carbocycles. The van der Waals surface area contributed by atoms with Gasteiger partial charge in [-0.15, -0.1) is 0 Å². The molecular weight excluding hydrogens is 309 g/mol. The third-order valence-corrected chi connectivity index (χ3v) is 2.48. The van der Waals surface area contributed by atoms with Gasteiger partial charge in [0, 0.05) is 0 Å². The number of rotatable bonds is 2. The average Bonchev–Trinajstić information content (AvgIpc) is 2.46. The second-order valence-corrected chi connectivity index (χ2v) is 4.37. The molecule has 0 aliphatic carbocycles. The Balaban J connectivity index is 2.63. The van der Waals surface area contributed by atoms with Crippen molar-refractivity contribution >= 4 is 39.6 Å². The summed E-state index contributed by atoms with van der Waals surface area (Å²) in [6.07, 6.45) is 0.0354. The highest BCUT2D eigenvalue weighted by Gasteiger charge is 2.14. The third kappa shape index (κ3) is 1.96. The molecule has 0 atom stereocenters. The van der Waals surface area contributed by atoms with Gasteiger partial charge in [0.15, 0.2) is 5.65 Å². The van der Waals surface area contributed by atoms with E-state index in [-0.39, 0.29) is 12.1 Å². The fourth-order valence-electron chi connectivity index (χ4n) is 1.18. The highest BCUT2D eigenvalue weighted by molar-refractivity contribution is 14.1. The molecule has 6 nitrogen and oxygen atoms in total. The van der Waals surface area contributed by atoms with Crippen LogP contribution in [0.15, 0.2) is 0 Å². The molecule has 0 aromatic carbocycles. The lowest BCUT2D eigenvalue weighted by Crippen LogP contribution is -2.09. The van der Waals surface area contributed by atoms with E-state index < -0.39 is 0 Å². The van der Waals surface area contributed by atoms with Crippen molar-refractivity contribution in [3.63, 3.8) is 0 Å². The van der Waals surface area contributed by atoms with Crippen molar-refractivity contribution in [2.45, 2.75) is 20.0 Å². The van der Waals surface area contributed by atoms with Crippen LogP contribution in [0.5, 0.6) is 5.88 Å². The summed E-state index contributed by atoms with van der Waals surface area (Å²) in [4.78, 5) is 8.06. The molecular formula is C8H10IN5O. The molecule has 0 saturated heterocycles. The van der Waals surface area contributed by atoms with Gasteiger partial charge >= 0.3 is 0 Å². The topological polar surface area (TPSA) is 89.7 Å². The van der Waals surface area contributed by atoms with Gasteiger partial charge in [-0.1, -0.05) is 0 Å². The molecule has 0 spiro atoms. The molecule has 15 heavy (non-hydrogen) atoms. The fraction of sp³-hybridized carbons (Fsp3) is 0.375. The quantitative estimate of drug-likeness (QED) is 0.815. The predicted molar refractivity (Wildman–Crippen MR) is 64.6 cm³/mol. The van der Waals surface area contributed by atoms with Crippen LogP contribution in [-0.4, -0.2) is 26.3 Å². The molecule has 2 aromatic rings. The van der Waals surface area contributed by atoms with Gasteiger partial charge in [-0.25, -0.2) is 0 Å². The number of halogens is 1. The molecule has 0 unspecified atom stereocenters. The van der Waals surface area contributed by atoms with Gasteiger partial charge in [0.2, 0.25) is 11.8 Å². The zero-order valence-corrected chi connectivity index (χ0v) is 10.4. The zero-order valence-electron chi connectivity index (χ0n) is 8.28. The lowest BCUT2D eigenvalue weighted by molar-refractivity contribution is 0.236. The zero-order chi connectivity index (χ0) is 11.0. The van der Waals surface area contributed by atoms with E-state index in [9.17, 15) is 0 Å². The standard InChI is InChI=1S/C8H10IN5O/c1-3(2)15-7-4-5(9)13-14-6(4)11-8(10)12-7/h3H,1-2H3,(H3,10,11,12,13,14). The van der Waals surface area contributed by atoms with Gasteiger partial charge in [0.1, 0.15) is 9.09 Å². The van der Waals surface area contributed by atoms with Gasteiger partial charge in [-0.2, -0.15) is 15.1 Å². The van der Waals surface area contributed by atoms with E-state index >= 15 is 0 Å². The largest absolute Gasteiger partial charge is 0.474 e. The first-order valence-corrected chi connectivity index (χ1v) is 5.49. The second kappa shape index (κ2) is 3.80. The Hall–Kier alpha value is -1.12. The number of ether oxygens (including phenoxy) is 1. The van der Waals surface area contributed by atoms with E-state index in [1.165, 1.54) is 0 Å². The van der Waals surface area contributed by atoms with Crippen LogP contribution in [-0.2, 0) is 0 Å². The van der Waals surface area contributed by atoms with Crippen LogP contribution >= 0.6 is 22.6 Å². The first-order valence-electron chi connectivity index (χ1n) is 4.41. The van der Waals surface area contributed by atoms with Crippen LogP contribution in [0.2, 0.25) is 0 Å². The molecule has 0 aliphatic rings. The van der Waals surface area contributed by atoms with E-state index in [1.54, 1.807) is 0 Å². The van der Waals surface area contributed by atoms with Crippen LogP contribution in [0.4, 0.5) is 5.95 Å². The van der Waals surface area contributed by atoms with E-state index in [1.807, 2.05) is 13.8 Å². The number of nitrogens with one attached hydrogen (secondary N) is 1. The SMILES string of the molecule is CC(C)Oc1nc(N)nc2n[nH]c(I)c12. The Bertz CT molecular complexity index is 495. The summed E-state index contributed by atoms with van der Waals surface area (Å²) in [7, 11) is 0. The monoisotopic (exact) mass is 319 g/mol. The summed E-state index contributed by atoms with van der Waals surface area (Å²) in [5, 5.41) is 7.60. The normalized spacial score (nSPS) is 11.2. The molecule has 2 rings (SSSR count). The number of H-pyrrole nitrogens is 1. The van der Waals surface area contributed by atoms with Crippen LogP contribution in [0.1, 0.15) is 13.8 Å². The predicted octanol–water partition coefficient (Wildman–Crippen LogP) is 1.33. The van der Waals surface area contributed by atoms with Crippen LogP contribution in [0, 0.1) is 3.70 Å². The lowest BCUT2D eigenvalue weighted by atomic mass is 10.4. The molecule has 0 bridgehead atoms. The fourth-order valence-corrected chi connectivity index (χ4v) is 1.78. The Labute approximate surface area is 99.8 Å². The summed E-state index contributed by atoms with van der Waals surface area (Å²) in [5.41, 5.74) is 6.08. The number of hydrogen-bond acceptors (Lipinski definition) is 5. The van der Waals surface area contributed by atoms with Crippen LogP contribution in [0.3, 0.4) is 0 Å². The van der Waals surface area contributed by atoms with Gasteiger partial charge < -0.3 is 10.5 Å². The molecule has 0 aliphatic heterocycles. The summed E-state index contributed by atoms with van der Waals surface area (Å²) in [5.74, 6) is 0.645. The molecule has 3 N–H and O–H groups in total. The number of aromatic amines is 1. The Kier molecular flexibility index (Phi) is 2.63. The minimum Gasteiger partial charge on any atom is -0.474 e. The maximum atomic E-state index is 5.55. The molecule has 0 radical (unpaired) electrons. The number of nitrogen functional groups attached to an aromatic ring is 1. The minimum absolute atomic E-state index is 0.0354. The molecule has 0 fully saturated rings. The van der Waals surface area contributed by atoms with Crippen LogP contribution < -0.4 is 10.5 Å². The Morgan fingerprint density at radius 1 is 1.40 bits per heavy atom. The summed E-state index contributed by atoms with van der Waals surface area (Å²) in [6.45, 7) is 3.86. The lowest BCUT2D eigenvalue weighted by Gasteiger charge is -2.09. The first-order chi connectivity index (χ1) is 7.08. The molecule has 2 heterocycles. The number of aromatic nitrogens is 4. The van der Waals surface area contributed by atoms with Gasteiger partial charge in [-0.3, -0.25) is 5.10 Å². The van der Waals surface area contributed by atoms with E-state index in [0.29, 0.717) is 11.5 Å². The van der Waals surface area contributed by atoms with Gasteiger partial charge in [0.25, 0.3) is 0 Å². The van der Waals surface area contributed by atoms with Crippen molar-refractivity contribution in [3.8, 4) is 5.88 Å². The van der Waals surface area contributed by atoms with Crippen molar-refractivity contribution in [1.29, 1.82) is 0 Å². The van der Waals surface area contributed by atoms with Crippen molar-refractivity contribution in [2.24, 2.45) is 0 Å². The average molecular weight is 319 g/mol. The van der Waals surface area contributed by atoms with E-state index in [4.69, 9.17) is 10.5 Å². The van der Waals surface area contributed by atoms with Crippen molar-refractivity contribution in [2.75, 3.05) is 5.73 Å². The van der Waals surface area contributed by atoms with Crippen molar-refractivity contribution < 1.29 is 4.74 Å². The molecule has 0 amide bonds. The second-order valence-electron chi connectivity index (χ2n) is 3.29. The highest BCUT2D eigenvalue weighted by Crippen LogP contribution is 2.26. The van der Waals surface area contributed by atoms with Gasteiger partial charge in [-0.05, 0) is 36.4 Å². The molecule has 80 valence electrons. The summed E-state index contributed by atoms with van der Waals surface area (Å²) >= 11 is 2.12. The molecule has 2 aromatic heterocycles. The molecule has 7 heteroatoms. The van der Waals surface area contributed by atoms with Crippen LogP contribution in [0.25, 0.3) is 11.0 Å². The third-order valence-electron chi connectivity index (χ3n) is 1.70. The maximum absolute atomic E-state index is 5.55. The van der Waals surface area contributed by atoms with Gasteiger partial charge in [0.05, 0.1) is 6.10 Å². The van der Waals surface area contributed by atoms with Crippen molar-refractivity contribution in [1.82, 2.24) is 20.2 Å². The number of nitrogens with zero attached hydrogens (tertiary/aromatic N) is 3. The number of hydrogen-bond donors (Lipinski definition) is 2. The van der Waals surface area contributed by atoms with E-state index in [2.05, 4.69) is 42.8 Å². The van der Waals surface area contributed by atoms with E-state index in [0.717, 1.165) is 9.09 Å². The Morgan fingerprint density at radius 2 is 2.13 bits per heavy atom. The summed E-state index contributed by atoms with van der Waals surface area (Å²) < 4.78 is 6.40. The number of anilines is 1. The minimum atomic E-state index is 0.0354. The highest BCUT2D eigenvalue weighted by atomic mass is 127. The smallest absolute Gasteiger partial charge is 0.230 e. The first kappa shape index (κ1) is 10.4. The Morgan fingerprint density at radius 3 is 2.80 bits per heavy atom. The van der Waals surface area contributed by atoms with Crippen molar-refractivity contribution in [3.05, 3.63) is 3.70 Å². The summed E-state index contributed by atoms with van der Waals surface area (Å²) in [6, 6.07) is 0. The maximum Gasteiger partial charge on any atom is 0.230 e. The number of nitrogens with two attached hydrogens (primary N) is 1. The number of fused-ring (bicyclic) bond motifs is 1.